The van der Waals surface area contributed by atoms with Crippen LogP contribution in [0.5, 0.6) is 5.75 Å². The van der Waals surface area contributed by atoms with E-state index in [2.05, 4.69) is 0 Å². The van der Waals surface area contributed by atoms with Crippen LogP contribution in [0.15, 0.2) is 46.9 Å². The predicted molar refractivity (Wildman–Crippen MR) is 92.2 cm³/mol. The minimum absolute atomic E-state index is 0. The Balaban J connectivity index is 0.00000176. The van der Waals surface area contributed by atoms with Crippen molar-refractivity contribution in [1.82, 2.24) is 0 Å². The molecule has 0 saturated heterocycles. The van der Waals surface area contributed by atoms with Gasteiger partial charge in [-0.05, 0) is 42.8 Å². The molecule has 1 heterocycles. The zero-order chi connectivity index (χ0) is 15.0. The molecule has 1 atom stereocenters. The monoisotopic (exact) mass is 337 g/mol. The van der Waals surface area contributed by atoms with Crippen molar-refractivity contribution in [3.63, 3.8) is 0 Å². The molecule has 0 aliphatic carbocycles. The van der Waals surface area contributed by atoms with Crippen molar-refractivity contribution in [1.29, 1.82) is 0 Å². The number of rotatable bonds is 3. The van der Waals surface area contributed by atoms with Crippen molar-refractivity contribution in [2.75, 3.05) is 7.11 Å². The molecule has 0 fully saturated rings. The minimum atomic E-state index is -0.426. The van der Waals surface area contributed by atoms with E-state index in [1.54, 1.807) is 13.2 Å². The highest BCUT2D eigenvalue weighted by atomic mass is 35.5. The standard InChI is InChI=1S/C17H16ClNO2.ClH/c1-10-4-3-5-15-12(10)9-16(21-15)17(19)13-8-11(18)6-7-14(13)20-2;/h3-9,17H,19H2,1-2H3;1H. The van der Waals surface area contributed by atoms with E-state index in [1.807, 2.05) is 43.3 Å². The Morgan fingerprint density at radius 1 is 1.18 bits per heavy atom. The largest absolute Gasteiger partial charge is 0.496 e. The summed E-state index contributed by atoms with van der Waals surface area (Å²) in [5, 5.41) is 1.69. The van der Waals surface area contributed by atoms with E-state index < -0.39 is 6.04 Å². The fourth-order valence-corrected chi connectivity index (χ4v) is 2.66. The number of ether oxygens (including phenoxy) is 1. The average molecular weight is 338 g/mol. The Morgan fingerprint density at radius 3 is 2.64 bits per heavy atom. The van der Waals surface area contributed by atoms with Gasteiger partial charge in [0.1, 0.15) is 17.1 Å². The predicted octanol–water partition coefficient (Wildman–Crippen LogP) is 4.87. The van der Waals surface area contributed by atoms with Gasteiger partial charge < -0.3 is 14.9 Å². The summed E-state index contributed by atoms with van der Waals surface area (Å²) in [6.07, 6.45) is 0. The number of hydrogen-bond donors (Lipinski definition) is 1. The summed E-state index contributed by atoms with van der Waals surface area (Å²) in [7, 11) is 1.61. The van der Waals surface area contributed by atoms with E-state index in [0.29, 0.717) is 16.5 Å². The zero-order valence-electron chi connectivity index (χ0n) is 12.3. The molecule has 1 unspecified atom stereocenters. The van der Waals surface area contributed by atoms with Gasteiger partial charge in [-0.15, -0.1) is 12.4 Å². The first-order valence-electron chi connectivity index (χ1n) is 6.68. The van der Waals surface area contributed by atoms with E-state index >= 15 is 0 Å². The topological polar surface area (TPSA) is 48.4 Å². The van der Waals surface area contributed by atoms with Crippen LogP contribution in [-0.2, 0) is 0 Å². The Bertz CT molecular complexity index is 798. The molecule has 22 heavy (non-hydrogen) atoms. The summed E-state index contributed by atoms with van der Waals surface area (Å²) in [6.45, 7) is 2.05. The van der Waals surface area contributed by atoms with E-state index in [4.69, 9.17) is 26.5 Å². The van der Waals surface area contributed by atoms with Gasteiger partial charge in [0.15, 0.2) is 0 Å². The molecule has 0 spiro atoms. The number of furan rings is 1. The van der Waals surface area contributed by atoms with E-state index in [1.165, 1.54) is 0 Å². The first-order valence-corrected chi connectivity index (χ1v) is 7.06. The normalized spacial score (nSPS) is 12.0. The quantitative estimate of drug-likeness (QED) is 0.741. The summed E-state index contributed by atoms with van der Waals surface area (Å²) < 4.78 is 11.2. The maximum Gasteiger partial charge on any atom is 0.134 e. The van der Waals surface area contributed by atoms with Gasteiger partial charge in [0.05, 0.1) is 13.2 Å². The zero-order valence-corrected chi connectivity index (χ0v) is 13.9. The van der Waals surface area contributed by atoms with Crippen LogP contribution < -0.4 is 10.5 Å². The lowest BCUT2D eigenvalue weighted by Gasteiger charge is -2.14. The van der Waals surface area contributed by atoms with Gasteiger partial charge in [-0.25, -0.2) is 0 Å². The van der Waals surface area contributed by atoms with E-state index in [0.717, 1.165) is 22.1 Å². The summed E-state index contributed by atoms with van der Waals surface area (Å²) in [5.74, 6) is 1.39. The molecule has 2 N–H and O–H groups in total. The van der Waals surface area contributed by atoms with Crippen molar-refractivity contribution < 1.29 is 9.15 Å². The number of halogens is 2. The first kappa shape index (κ1) is 16.7. The van der Waals surface area contributed by atoms with E-state index in [-0.39, 0.29) is 12.4 Å². The van der Waals surface area contributed by atoms with Gasteiger partial charge in [-0.1, -0.05) is 23.7 Å². The average Bonchev–Trinajstić information content (AvgIpc) is 2.92. The highest BCUT2D eigenvalue weighted by Gasteiger charge is 2.19. The summed E-state index contributed by atoms with van der Waals surface area (Å²) in [5.41, 5.74) is 9.14. The van der Waals surface area contributed by atoms with Crippen molar-refractivity contribution in [2.45, 2.75) is 13.0 Å². The molecule has 2 aromatic carbocycles. The van der Waals surface area contributed by atoms with Crippen molar-refractivity contribution >= 4 is 35.0 Å². The summed E-state index contributed by atoms with van der Waals surface area (Å²) in [6, 6.07) is 12.9. The number of fused-ring (bicyclic) bond motifs is 1. The highest BCUT2D eigenvalue weighted by Crippen LogP contribution is 2.34. The lowest BCUT2D eigenvalue weighted by atomic mass is 10.0. The Labute approximate surface area is 140 Å². The molecular weight excluding hydrogens is 321 g/mol. The number of aryl methyl sites for hydroxylation is 1. The third-order valence-corrected chi connectivity index (χ3v) is 3.87. The molecule has 0 saturated carbocycles. The molecule has 0 aliphatic rings. The van der Waals surface area contributed by atoms with E-state index in [9.17, 15) is 0 Å². The van der Waals surface area contributed by atoms with Gasteiger partial charge in [0.25, 0.3) is 0 Å². The third kappa shape index (κ3) is 2.93. The van der Waals surface area contributed by atoms with Gasteiger partial charge in [-0.3, -0.25) is 0 Å². The van der Waals surface area contributed by atoms with Gasteiger partial charge >= 0.3 is 0 Å². The summed E-state index contributed by atoms with van der Waals surface area (Å²) in [4.78, 5) is 0. The number of methoxy groups -OCH3 is 1. The van der Waals surface area contributed by atoms with Gasteiger partial charge in [0.2, 0.25) is 0 Å². The number of hydrogen-bond acceptors (Lipinski definition) is 3. The van der Waals surface area contributed by atoms with Crippen molar-refractivity contribution in [2.24, 2.45) is 5.73 Å². The molecule has 0 radical (unpaired) electrons. The number of nitrogens with two attached hydrogens (primary N) is 1. The van der Waals surface area contributed by atoms with Crippen LogP contribution in [0.25, 0.3) is 11.0 Å². The molecule has 3 nitrogen and oxygen atoms in total. The van der Waals surface area contributed by atoms with Crippen LogP contribution in [-0.4, -0.2) is 7.11 Å². The fraction of sp³-hybridized carbons (Fsp3) is 0.176. The van der Waals surface area contributed by atoms with Gasteiger partial charge in [0, 0.05) is 16.0 Å². The maximum absolute atomic E-state index is 6.34. The molecule has 116 valence electrons. The van der Waals surface area contributed by atoms with Crippen LogP contribution in [0.2, 0.25) is 5.02 Å². The second-order valence-corrected chi connectivity index (χ2v) is 5.44. The van der Waals surface area contributed by atoms with Crippen LogP contribution >= 0.6 is 24.0 Å². The molecule has 3 aromatic rings. The molecule has 0 aliphatic heterocycles. The Morgan fingerprint density at radius 2 is 1.95 bits per heavy atom. The fourth-order valence-electron chi connectivity index (χ4n) is 2.48. The summed E-state index contributed by atoms with van der Waals surface area (Å²) >= 11 is 6.07. The Kier molecular flexibility index (Phi) is 5.01. The molecule has 1 aromatic heterocycles. The maximum atomic E-state index is 6.34. The second kappa shape index (κ2) is 6.61. The molecular formula is C17H17Cl2NO2. The van der Waals surface area contributed by atoms with Crippen LogP contribution in [0, 0.1) is 6.92 Å². The SMILES string of the molecule is COc1ccc(Cl)cc1C(N)c1cc2c(C)cccc2o1.Cl. The third-order valence-electron chi connectivity index (χ3n) is 3.63. The van der Waals surface area contributed by atoms with Crippen molar-refractivity contribution in [3.8, 4) is 5.75 Å². The highest BCUT2D eigenvalue weighted by molar-refractivity contribution is 6.30. The molecule has 5 heteroatoms. The van der Waals surface area contributed by atoms with Crippen LogP contribution in [0.1, 0.15) is 22.9 Å². The molecule has 0 amide bonds. The van der Waals surface area contributed by atoms with Crippen LogP contribution in [0.3, 0.4) is 0 Å². The number of benzene rings is 2. The minimum Gasteiger partial charge on any atom is -0.496 e. The second-order valence-electron chi connectivity index (χ2n) is 5.00. The van der Waals surface area contributed by atoms with Gasteiger partial charge in [-0.2, -0.15) is 0 Å². The van der Waals surface area contributed by atoms with Crippen molar-refractivity contribution in [3.05, 3.63) is 64.4 Å². The molecule has 3 rings (SSSR count). The Hall–Kier alpha value is -1.68. The first-order chi connectivity index (χ1) is 10.1. The smallest absolute Gasteiger partial charge is 0.134 e. The lowest BCUT2D eigenvalue weighted by molar-refractivity contribution is 0.404. The molecule has 0 bridgehead atoms. The van der Waals surface area contributed by atoms with Crippen LogP contribution in [0.4, 0.5) is 0 Å². The lowest BCUT2D eigenvalue weighted by Crippen LogP contribution is -2.12.